The van der Waals surface area contributed by atoms with E-state index in [2.05, 4.69) is 36.5 Å². The lowest BCUT2D eigenvalue weighted by molar-refractivity contribution is -0.108. The molecular weight excluding hydrogens is 392 g/mol. The molecule has 0 aliphatic heterocycles. The van der Waals surface area contributed by atoms with Gasteiger partial charge in [-0.1, -0.05) is 87.8 Å². The van der Waals surface area contributed by atoms with Gasteiger partial charge in [-0.05, 0) is 77.0 Å². The molecule has 0 saturated carbocycles. The van der Waals surface area contributed by atoms with E-state index in [9.17, 15) is 9.59 Å². The van der Waals surface area contributed by atoms with Gasteiger partial charge in [0.1, 0.15) is 12.6 Å². The van der Waals surface area contributed by atoms with Crippen molar-refractivity contribution in [1.82, 2.24) is 0 Å². The van der Waals surface area contributed by atoms with Crippen LogP contribution >= 0.6 is 0 Å². The smallest absolute Gasteiger partial charge is 0.119 e. The highest BCUT2D eigenvalue weighted by Crippen LogP contribution is 2.11. The second-order valence-electron chi connectivity index (χ2n) is 9.01. The fourth-order valence-electron chi connectivity index (χ4n) is 3.82. The second kappa shape index (κ2) is 29.6. The Hall–Kier alpha value is -1.44. The molecule has 0 N–H and O–H groups in total. The molecule has 0 aromatic rings. The highest BCUT2D eigenvalue weighted by atomic mass is 16.1. The lowest BCUT2D eigenvalue weighted by atomic mass is 10.1. The Labute approximate surface area is 200 Å². The minimum absolute atomic E-state index is 0.721. The first-order valence-electron chi connectivity index (χ1n) is 13.7. The quantitative estimate of drug-likeness (QED) is 0.0755. The van der Waals surface area contributed by atoms with Crippen molar-refractivity contribution in [2.24, 2.45) is 0 Å². The van der Waals surface area contributed by atoms with Crippen LogP contribution in [-0.4, -0.2) is 12.6 Å². The monoisotopic (exact) mass is 444 g/mol. The van der Waals surface area contributed by atoms with Gasteiger partial charge in [-0.3, -0.25) is 0 Å². The van der Waals surface area contributed by atoms with Crippen molar-refractivity contribution < 1.29 is 9.59 Å². The molecule has 0 aromatic heterocycles. The van der Waals surface area contributed by atoms with Gasteiger partial charge in [0.15, 0.2) is 0 Å². The van der Waals surface area contributed by atoms with E-state index in [1.165, 1.54) is 96.3 Å². The zero-order chi connectivity index (χ0) is 23.2. The highest BCUT2D eigenvalue weighted by molar-refractivity contribution is 5.49. The molecule has 0 atom stereocenters. The van der Waals surface area contributed by atoms with Crippen molar-refractivity contribution in [2.75, 3.05) is 0 Å². The van der Waals surface area contributed by atoms with Crippen LogP contribution in [0.15, 0.2) is 36.5 Å². The molecule has 0 spiro atoms. The number of unbranched alkanes of at least 4 members (excludes halogenated alkanes) is 18. The van der Waals surface area contributed by atoms with Crippen LogP contribution in [0.5, 0.6) is 0 Å². The maximum Gasteiger partial charge on any atom is 0.119 e. The number of carbonyl (C=O) groups is 2. The third-order valence-electron chi connectivity index (χ3n) is 5.88. The van der Waals surface area contributed by atoms with Crippen molar-refractivity contribution in [3.8, 4) is 0 Å². The Balaban J connectivity index is 3.20. The molecule has 0 bridgehead atoms. The molecule has 0 unspecified atom stereocenters. The first kappa shape index (κ1) is 30.6. The molecule has 0 aliphatic rings. The van der Waals surface area contributed by atoms with E-state index < -0.39 is 0 Å². The average Bonchev–Trinajstić information content (AvgIpc) is 2.81. The number of hydrogen-bond donors (Lipinski definition) is 0. The number of carbonyl (C=O) groups excluding carboxylic acids is 2. The summed E-state index contributed by atoms with van der Waals surface area (Å²) in [6.07, 6.45) is 42.5. The molecule has 0 saturated heterocycles. The Morgan fingerprint density at radius 2 is 0.469 bits per heavy atom. The predicted octanol–water partition coefficient (Wildman–Crippen LogP) is 9.63. The zero-order valence-electron chi connectivity index (χ0n) is 21.0. The minimum Gasteiger partial charge on any atom is -0.303 e. The molecule has 0 radical (unpaired) electrons. The summed E-state index contributed by atoms with van der Waals surface area (Å²) in [5.41, 5.74) is 0. The molecule has 0 heterocycles. The Morgan fingerprint density at radius 1 is 0.250 bits per heavy atom. The Morgan fingerprint density at radius 3 is 0.781 bits per heavy atom. The summed E-state index contributed by atoms with van der Waals surface area (Å²) >= 11 is 0. The van der Waals surface area contributed by atoms with Gasteiger partial charge in [0, 0.05) is 12.8 Å². The molecule has 2 heteroatoms. The van der Waals surface area contributed by atoms with Gasteiger partial charge in [0.05, 0.1) is 0 Å². The molecular formula is C30H52O2. The van der Waals surface area contributed by atoms with Gasteiger partial charge < -0.3 is 9.59 Å². The molecule has 0 aromatic carbocycles. The van der Waals surface area contributed by atoms with Crippen LogP contribution in [0.4, 0.5) is 0 Å². The first-order chi connectivity index (χ1) is 15.9. The predicted molar refractivity (Wildman–Crippen MR) is 141 cm³/mol. The summed E-state index contributed by atoms with van der Waals surface area (Å²) < 4.78 is 0. The van der Waals surface area contributed by atoms with Crippen molar-refractivity contribution in [3.63, 3.8) is 0 Å². The molecule has 2 nitrogen and oxygen atoms in total. The van der Waals surface area contributed by atoms with Crippen molar-refractivity contribution in [2.45, 2.75) is 141 Å². The minimum atomic E-state index is 0.721. The lowest BCUT2D eigenvalue weighted by Gasteiger charge is -2.00. The van der Waals surface area contributed by atoms with Gasteiger partial charge in [0.2, 0.25) is 0 Å². The number of aldehydes is 2. The molecule has 0 fully saturated rings. The summed E-state index contributed by atoms with van der Waals surface area (Å²) in [4.78, 5) is 20.5. The Kier molecular flexibility index (Phi) is 28.2. The van der Waals surface area contributed by atoms with E-state index in [1.807, 2.05) is 0 Å². The van der Waals surface area contributed by atoms with Gasteiger partial charge in [-0.25, -0.2) is 0 Å². The number of rotatable bonds is 26. The zero-order valence-corrected chi connectivity index (χ0v) is 21.0. The fraction of sp³-hybridized carbons (Fsp3) is 0.733. The van der Waals surface area contributed by atoms with Gasteiger partial charge in [-0.2, -0.15) is 0 Å². The second-order valence-corrected chi connectivity index (χ2v) is 9.01. The van der Waals surface area contributed by atoms with E-state index in [0.29, 0.717) is 0 Å². The molecule has 0 rings (SSSR count). The molecule has 32 heavy (non-hydrogen) atoms. The van der Waals surface area contributed by atoms with Crippen LogP contribution in [0.3, 0.4) is 0 Å². The number of hydrogen-bond acceptors (Lipinski definition) is 2. The normalized spacial score (nSPS) is 11.9. The van der Waals surface area contributed by atoms with E-state index in [0.717, 1.165) is 57.5 Å². The van der Waals surface area contributed by atoms with Crippen LogP contribution in [-0.2, 0) is 9.59 Å². The third-order valence-corrected chi connectivity index (χ3v) is 5.88. The van der Waals surface area contributed by atoms with E-state index in [-0.39, 0.29) is 0 Å². The number of allylic oxidation sites excluding steroid dienone is 6. The summed E-state index contributed by atoms with van der Waals surface area (Å²) in [6, 6.07) is 0. The van der Waals surface area contributed by atoms with Crippen LogP contribution in [0.2, 0.25) is 0 Å². The molecule has 0 aliphatic carbocycles. The van der Waals surface area contributed by atoms with Crippen molar-refractivity contribution in [3.05, 3.63) is 36.5 Å². The summed E-state index contributed by atoms with van der Waals surface area (Å²) in [5, 5.41) is 0. The Bertz CT molecular complexity index is 461. The van der Waals surface area contributed by atoms with Crippen LogP contribution in [0.25, 0.3) is 0 Å². The van der Waals surface area contributed by atoms with Crippen molar-refractivity contribution in [1.29, 1.82) is 0 Å². The first-order valence-corrected chi connectivity index (χ1v) is 13.7. The van der Waals surface area contributed by atoms with Crippen LogP contribution < -0.4 is 0 Å². The van der Waals surface area contributed by atoms with E-state index in [1.54, 1.807) is 0 Å². The average molecular weight is 445 g/mol. The van der Waals surface area contributed by atoms with Crippen LogP contribution in [0, 0.1) is 0 Å². The lowest BCUT2D eigenvalue weighted by Crippen LogP contribution is -1.81. The summed E-state index contributed by atoms with van der Waals surface area (Å²) in [5.74, 6) is 0. The van der Waals surface area contributed by atoms with E-state index in [4.69, 9.17) is 0 Å². The third kappa shape index (κ3) is 28.6. The molecule has 0 amide bonds. The summed E-state index contributed by atoms with van der Waals surface area (Å²) in [7, 11) is 0. The maximum absolute atomic E-state index is 10.2. The SMILES string of the molecule is O=CCCCCCC=CCCC=CCCCCCCC=CCCCCCCCCCC=O. The standard InChI is InChI=1S/C30H52O2/c31-29-27-25-23-21-19-17-15-13-11-9-7-5-3-1-2-4-6-8-10-12-14-16-18-20-22-24-26-28-30-32/h7-10,15,17,29-30H,1-6,11-14,16,18-28H2. The van der Waals surface area contributed by atoms with E-state index >= 15 is 0 Å². The van der Waals surface area contributed by atoms with Crippen molar-refractivity contribution >= 4 is 12.6 Å². The van der Waals surface area contributed by atoms with Gasteiger partial charge >= 0.3 is 0 Å². The fourth-order valence-corrected chi connectivity index (χ4v) is 3.82. The maximum atomic E-state index is 10.2. The molecule has 184 valence electrons. The summed E-state index contributed by atoms with van der Waals surface area (Å²) in [6.45, 7) is 0. The topological polar surface area (TPSA) is 34.1 Å². The largest absolute Gasteiger partial charge is 0.303 e. The highest BCUT2D eigenvalue weighted by Gasteiger charge is 1.92. The van der Waals surface area contributed by atoms with Gasteiger partial charge in [-0.15, -0.1) is 0 Å². The van der Waals surface area contributed by atoms with Gasteiger partial charge in [0.25, 0.3) is 0 Å². The van der Waals surface area contributed by atoms with Crippen LogP contribution in [0.1, 0.15) is 141 Å².